The molecule has 1 aromatic carbocycles. The van der Waals surface area contributed by atoms with Gasteiger partial charge in [-0.25, -0.2) is 4.98 Å². The van der Waals surface area contributed by atoms with Crippen molar-refractivity contribution in [1.82, 2.24) is 15.6 Å². The second-order valence-corrected chi connectivity index (χ2v) is 7.47. The van der Waals surface area contributed by atoms with Crippen LogP contribution in [0.1, 0.15) is 24.8 Å². The molecule has 1 aromatic heterocycles. The van der Waals surface area contributed by atoms with Crippen LogP contribution in [0.2, 0.25) is 0 Å². The lowest BCUT2D eigenvalue weighted by atomic mass is 10.1. The largest absolute Gasteiger partial charge is 0.379 e. The van der Waals surface area contributed by atoms with E-state index >= 15 is 0 Å². The van der Waals surface area contributed by atoms with E-state index < -0.39 is 0 Å². The SMILES string of the molecule is CN=C(NCCCOCC1CCCO1)NCc1cc(N(C)C)nc2ccccc12.I. The van der Waals surface area contributed by atoms with Crippen molar-refractivity contribution < 1.29 is 9.47 Å². The number of para-hydroxylation sites is 1. The van der Waals surface area contributed by atoms with Gasteiger partial charge in [-0.2, -0.15) is 0 Å². The lowest BCUT2D eigenvalue weighted by Gasteiger charge is -2.17. The zero-order valence-corrected chi connectivity index (χ0v) is 20.5. The number of ether oxygens (including phenoxy) is 2. The van der Waals surface area contributed by atoms with Crippen molar-refractivity contribution >= 4 is 46.7 Å². The maximum Gasteiger partial charge on any atom is 0.191 e. The molecule has 166 valence electrons. The lowest BCUT2D eigenvalue weighted by molar-refractivity contribution is 0.0168. The number of aromatic nitrogens is 1. The molecule has 2 N–H and O–H groups in total. The summed E-state index contributed by atoms with van der Waals surface area (Å²) in [5.74, 6) is 1.74. The van der Waals surface area contributed by atoms with Crippen molar-refractivity contribution in [2.75, 3.05) is 52.4 Å². The monoisotopic (exact) mass is 527 g/mol. The second kappa shape index (κ2) is 12.9. The van der Waals surface area contributed by atoms with E-state index in [-0.39, 0.29) is 24.0 Å². The first-order valence-corrected chi connectivity index (χ1v) is 10.4. The first-order chi connectivity index (χ1) is 14.2. The van der Waals surface area contributed by atoms with Gasteiger partial charge >= 0.3 is 0 Å². The normalized spacial score (nSPS) is 16.4. The molecule has 1 unspecified atom stereocenters. The molecule has 1 fully saturated rings. The third-order valence-electron chi connectivity index (χ3n) is 5.00. The average Bonchev–Trinajstić information content (AvgIpc) is 3.25. The molecule has 1 aliphatic heterocycles. The zero-order chi connectivity index (χ0) is 20.5. The third kappa shape index (κ3) is 7.24. The van der Waals surface area contributed by atoms with Crippen LogP contribution in [-0.2, 0) is 16.0 Å². The number of rotatable bonds is 9. The first kappa shape index (κ1) is 24.6. The van der Waals surface area contributed by atoms with Crippen LogP contribution in [0.25, 0.3) is 10.9 Å². The Morgan fingerprint density at radius 3 is 2.87 bits per heavy atom. The number of hydrogen-bond donors (Lipinski definition) is 2. The highest BCUT2D eigenvalue weighted by Gasteiger charge is 2.15. The van der Waals surface area contributed by atoms with Crippen LogP contribution in [0.15, 0.2) is 35.3 Å². The van der Waals surface area contributed by atoms with Crippen molar-refractivity contribution in [2.45, 2.75) is 31.9 Å². The minimum atomic E-state index is 0. The number of benzene rings is 1. The van der Waals surface area contributed by atoms with Gasteiger partial charge in [0.2, 0.25) is 0 Å². The summed E-state index contributed by atoms with van der Waals surface area (Å²) in [4.78, 5) is 11.1. The second-order valence-electron chi connectivity index (χ2n) is 7.47. The number of hydrogen-bond acceptors (Lipinski definition) is 5. The fourth-order valence-electron chi connectivity index (χ4n) is 3.38. The van der Waals surface area contributed by atoms with E-state index in [1.807, 2.05) is 31.1 Å². The molecular formula is C22H34IN5O2. The Morgan fingerprint density at radius 2 is 2.13 bits per heavy atom. The lowest BCUT2D eigenvalue weighted by Crippen LogP contribution is -2.37. The molecular weight excluding hydrogens is 493 g/mol. The average molecular weight is 527 g/mol. The van der Waals surface area contributed by atoms with Crippen LogP contribution in [0.4, 0.5) is 5.82 Å². The summed E-state index contributed by atoms with van der Waals surface area (Å²) in [5, 5.41) is 7.92. The number of nitrogens with one attached hydrogen (secondary N) is 2. The maximum absolute atomic E-state index is 5.71. The van der Waals surface area contributed by atoms with E-state index in [1.165, 1.54) is 5.56 Å². The molecule has 1 saturated heterocycles. The van der Waals surface area contributed by atoms with Gasteiger partial charge in [0, 0.05) is 52.8 Å². The minimum Gasteiger partial charge on any atom is -0.379 e. The molecule has 0 amide bonds. The molecule has 7 nitrogen and oxygen atoms in total. The highest BCUT2D eigenvalue weighted by molar-refractivity contribution is 14.0. The van der Waals surface area contributed by atoms with Crippen molar-refractivity contribution in [3.63, 3.8) is 0 Å². The van der Waals surface area contributed by atoms with Crippen molar-refractivity contribution in [1.29, 1.82) is 0 Å². The highest BCUT2D eigenvalue weighted by Crippen LogP contribution is 2.22. The molecule has 2 heterocycles. The summed E-state index contributed by atoms with van der Waals surface area (Å²) in [5.41, 5.74) is 2.20. The number of nitrogens with zero attached hydrogens (tertiary/aromatic N) is 3. The summed E-state index contributed by atoms with van der Waals surface area (Å²) >= 11 is 0. The Labute approximate surface area is 196 Å². The van der Waals surface area contributed by atoms with E-state index in [4.69, 9.17) is 14.5 Å². The molecule has 0 saturated carbocycles. The predicted molar refractivity (Wildman–Crippen MR) is 134 cm³/mol. The van der Waals surface area contributed by atoms with Gasteiger partial charge in [0.1, 0.15) is 5.82 Å². The van der Waals surface area contributed by atoms with Crippen LogP contribution in [0, 0.1) is 0 Å². The Balaban J connectivity index is 0.00000320. The van der Waals surface area contributed by atoms with Crippen molar-refractivity contribution in [2.24, 2.45) is 4.99 Å². The molecule has 0 radical (unpaired) electrons. The fourth-order valence-corrected chi connectivity index (χ4v) is 3.38. The molecule has 2 aromatic rings. The third-order valence-corrected chi connectivity index (χ3v) is 5.00. The highest BCUT2D eigenvalue weighted by atomic mass is 127. The molecule has 0 bridgehead atoms. The molecule has 1 atom stereocenters. The van der Waals surface area contributed by atoms with Gasteiger partial charge in [0.15, 0.2) is 5.96 Å². The van der Waals surface area contributed by atoms with Gasteiger partial charge < -0.3 is 25.0 Å². The van der Waals surface area contributed by atoms with Crippen LogP contribution in [0.5, 0.6) is 0 Å². The Morgan fingerprint density at radius 1 is 1.30 bits per heavy atom. The van der Waals surface area contributed by atoms with E-state index in [2.05, 4.69) is 33.8 Å². The summed E-state index contributed by atoms with van der Waals surface area (Å²) in [6.07, 6.45) is 3.49. The van der Waals surface area contributed by atoms with E-state index in [0.717, 1.165) is 61.7 Å². The van der Waals surface area contributed by atoms with Crippen molar-refractivity contribution in [3.8, 4) is 0 Å². The van der Waals surface area contributed by atoms with E-state index in [9.17, 15) is 0 Å². The number of halogens is 1. The number of anilines is 1. The predicted octanol–water partition coefficient (Wildman–Crippen LogP) is 3.17. The Hall–Kier alpha value is -1.65. The summed E-state index contributed by atoms with van der Waals surface area (Å²) in [7, 11) is 5.81. The molecule has 1 aliphatic rings. The topological polar surface area (TPSA) is 71.0 Å². The van der Waals surface area contributed by atoms with Crippen LogP contribution >= 0.6 is 24.0 Å². The summed E-state index contributed by atoms with van der Waals surface area (Å²) in [6, 6.07) is 10.4. The minimum absolute atomic E-state index is 0. The number of fused-ring (bicyclic) bond motifs is 1. The molecule has 30 heavy (non-hydrogen) atoms. The van der Waals surface area contributed by atoms with E-state index in [1.54, 1.807) is 7.05 Å². The maximum atomic E-state index is 5.71. The fraction of sp³-hybridized carbons (Fsp3) is 0.545. The first-order valence-electron chi connectivity index (χ1n) is 10.4. The smallest absolute Gasteiger partial charge is 0.191 e. The van der Waals surface area contributed by atoms with E-state index in [0.29, 0.717) is 19.3 Å². The van der Waals surface area contributed by atoms with Crippen LogP contribution in [-0.4, -0.2) is 64.6 Å². The summed E-state index contributed by atoms with van der Waals surface area (Å²) in [6.45, 7) is 3.80. The molecule has 8 heteroatoms. The van der Waals surface area contributed by atoms with Gasteiger partial charge in [-0.3, -0.25) is 4.99 Å². The van der Waals surface area contributed by atoms with Gasteiger partial charge in [-0.1, -0.05) is 18.2 Å². The van der Waals surface area contributed by atoms with Gasteiger partial charge in [0.05, 0.1) is 18.2 Å². The van der Waals surface area contributed by atoms with Gasteiger partial charge in [0.25, 0.3) is 0 Å². The zero-order valence-electron chi connectivity index (χ0n) is 18.2. The molecule has 0 spiro atoms. The molecule has 0 aliphatic carbocycles. The van der Waals surface area contributed by atoms with Crippen LogP contribution in [0.3, 0.4) is 0 Å². The van der Waals surface area contributed by atoms with Crippen LogP contribution < -0.4 is 15.5 Å². The Bertz CT molecular complexity index is 809. The number of aliphatic imine (C=N–C) groups is 1. The quantitative estimate of drug-likeness (QED) is 0.226. The van der Waals surface area contributed by atoms with Crippen molar-refractivity contribution in [3.05, 3.63) is 35.9 Å². The summed E-state index contributed by atoms with van der Waals surface area (Å²) < 4.78 is 11.3. The Kier molecular flexibility index (Phi) is 10.6. The number of guanidine groups is 1. The molecule has 3 rings (SSSR count). The standard InChI is InChI=1S/C22H33N5O2.HI/c1-23-22(24-11-7-12-28-16-18-8-6-13-29-18)25-15-17-14-21(27(2)3)26-20-10-5-4-9-19(17)20;/h4-5,9-10,14,18H,6-8,11-13,15-16H2,1-3H3,(H2,23,24,25);1H. The van der Waals surface area contributed by atoms with Gasteiger partial charge in [-0.05, 0) is 37.0 Å². The van der Waals surface area contributed by atoms with Gasteiger partial charge in [-0.15, -0.1) is 24.0 Å². The number of pyridine rings is 1.